The van der Waals surface area contributed by atoms with E-state index in [1.165, 1.54) is 6.92 Å². The van der Waals surface area contributed by atoms with Crippen LogP contribution in [0.3, 0.4) is 0 Å². The highest BCUT2D eigenvalue weighted by Crippen LogP contribution is 2.26. The van der Waals surface area contributed by atoms with E-state index in [9.17, 15) is 4.79 Å². The van der Waals surface area contributed by atoms with Gasteiger partial charge in [0.05, 0.1) is 10.7 Å². The van der Waals surface area contributed by atoms with Crippen LogP contribution in [-0.2, 0) is 6.61 Å². The van der Waals surface area contributed by atoms with Gasteiger partial charge in [-0.25, -0.2) is 0 Å². The van der Waals surface area contributed by atoms with Gasteiger partial charge in [-0.1, -0.05) is 17.7 Å². The number of Topliss-reactive ketones (excluding diaryl/α,β-unsaturated/α-hetero) is 1. The van der Waals surface area contributed by atoms with E-state index in [1.54, 1.807) is 24.4 Å². The number of carbonyl (C=O) groups is 1. The Balaban J connectivity index is 2.08. The number of ether oxygens (including phenoxy) is 1. The highest BCUT2D eigenvalue weighted by Gasteiger charge is 2.06. The van der Waals surface area contributed by atoms with Crippen LogP contribution in [0.15, 0.2) is 42.6 Å². The van der Waals surface area contributed by atoms with E-state index in [-0.39, 0.29) is 5.78 Å². The van der Waals surface area contributed by atoms with Crippen molar-refractivity contribution in [3.63, 3.8) is 0 Å². The second kappa shape index (κ2) is 5.65. The second-order valence-electron chi connectivity index (χ2n) is 3.81. The lowest BCUT2D eigenvalue weighted by Gasteiger charge is -2.08. The van der Waals surface area contributed by atoms with Crippen LogP contribution in [-0.4, -0.2) is 10.8 Å². The first kappa shape index (κ1) is 12.6. The Morgan fingerprint density at radius 3 is 2.78 bits per heavy atom. The summed E-state index contributed by atoms with van der Waals surface area (Å²) in [4.78, 5) is 15.3. The number of pyridine rings is 1. The van der Waals surface area contributed by atoms with E-state index in [0.29, 0.717) is 22.9 Å². The van der Waals surface area contributed by atoms with Gasteiger partial charge in [0.1, 0.15) is 12.4 Å². The predicted octanol–water partition coefficient (Wildman–Crippen LogP) is 3.52. The number of halogens is 1. The van der Waals surface area contributed by atoms with Crippen molar-refractivity contribution in [2.24, 2.45) is 0 Å². The lowest BCUT2D eigenvalue weighted by atomic mass is 10.1. The van der Waals surface area contributed by atoms with E-state index >= 15 is 0 Å². The normalized spacial score (nSPS) is 10.1. The summed E-state index contributed by atoms with van der Waals surface area (Å²) < 4.78 is 5.55. The van der Waals surface area contributed by atoms with Crippen LogP contribution in [0.2, 0.25) is 5.02 Å². The Kier molecular flexibility index (Phi) is 3.95. The second-order valence-corrected chi connectivity index (χ2v) is 4.22. The number of aromatic nitrogens is 1. The Labute approximate surface area is 110 Å². The van der Waals surface area contributed by atoms with Gasteiger partial charge in [-0.05, 0) is 37.3 Å². The van der Waals surface area contributed by atoms with Crippen LogP contribution in [0.4, 0.5) is 0 Å². The van der Waals surface area contributed by atoms with Crippen LogP contribution in [0.25, 0.3) is 0 Å². The Morgan fingerprint density at radius 1 is 1.33 bits per heavy atom. The Morgan fingerprint density at radius 2 is 2.17 bits per heavy atom. The average molecular weight is 262 g/mol. The fraction of sp³-hybridized carbons (Fsp3) is 0.143. The summed E-state index contributed by atoms with van der Waals surface area (Å²) in [6.07, 6.45) is 1.71. The molecular weight excluding hydrogens is 250 g/mol. The molecule has 92 valence electrons. The molecule has 0 spiro atoms. The van der Waals surface area contributed by atoms with Gasteiger partial charge in [0.15, 0.2) is 5.78 Å². The molecule has 0 radical (unpaired) electrons. The largest absolute Gasteiger partial charge is 0.486 e. The van der Waals surface area contributed by atoms with Crippen LogP contribution in [0.1, 0.15) is 23.0 Å². The Hall–Kier alpha value is -1.87. The molecule has 18 heavy (non-hydrogen) atoms. The van der Waals surface area contributed by atoms with Crippen LogP contribution < -0.4 is 4.74 Å². The van der Waals surface area contributed by atoms with Gasteiger partial charge >= 0.3 is 0 Å². The molecule has 2 rings (SSSR count). The van der Waals surface area contributed by atoms with Gasteiger partial charge < -0.3 is 4.74 Å². The Bertz CT molecular complexity index is 555. The third-order valence-electron chi connectivity index (χ3n) is 2.44. The lowest BCUT2D eigenvalue weighted by molar-refractivity contribution is 0.101. The summed E-state index contributed by atoms with van der Waals surface area (Å²) in [5.74, 6) is 0.528. The fourth-order valence-electron chi connectivity index (χ4n) is 1.47. The quantitative estimate of drug-likeness (QED) is 0.791. The van der Waals surface area contributed by atoms with E-state index in [0.717, 1.165) is 5.69 Å². The zero-order chi connectivity index (χ0) is 13.0. The van der Waals surface area contributed by atoms with Crippen molar-refractivity contribution in [3.8, 4) is 5.75 Å². The van der Waals surface area contributed by atoms with Gasteiger partial charge in [-0.3, -0.25) is 9.78 Å². The van der Waals surface area contributed by atoms with Crippen molar-refractivity contribution in [2.45, 2.75) is 13.5 Å². The van der Waals surface area contributed by atoms with Crippen molar-refractivity contribution in [1.82, 2.24) is 4.98 Å². The van der Waals surface area contributed by atoms with Crippen molar-refractivity contribution in [3.05, 3.63) is 58.9 Å². The van der Waals surface area contributed by atoms with E-state index < -0.39 is 0 Å². The minimum Gasteiger partial charge on any atom is -0.486 e. The number of rotatable bonds is 4. The molecule has 0 fully saturated rings. The number of ketones is 1. The van der Waals surface area contributed by atoms with E-state index in [1.807, 2.05) is 18.2 Å². The first-order valence-electron chi connectivity index (χ1n) is 5.50. The molecule has 0 aliphatic rings. The lowest BCUT2D eigenvalue weighted by Crippen LogP contribution is -1.99. The molecule has 2 aromatic rings. The highest BCUT2D eigenvalue weighted by molar-refractivity contribution is 6.32. The van der Waals surface area contributed by atoms with Crippen molar-refractivity contribution in [1.29, 1.82) is 0 Å². The van der Waals surface area contributed by atoms with Crippen LogP contribution in [0, 0.1) is 0 Å². The number of carbonyl (C=O) groups excluding carboxylic acids is 1. The van der Waals surface area contributed by atoms with Gasteiger partial charge in [0, 0.05) is 11.8 Å². The molecule has 0 saturated carbocycles. The molecule has 4 heteroatoms. The molecule has 0 atom stereocenters. The van der Waals surface area contributed by atoms with Gasteiger partial charge in [0.2, 0.25) is 0 Å². The molecule has 0 unspecified atom stereocenters. The molecule has 3 nitrogen and oxygen atoms in total. The molecule has 0 aliphatic heterocycles. The minimum absolute atomic E-state index is 0.0202. The monoisotopic (exact) mass is 261 g/mol. The molecule has 0 amide bonds. The van der Waals surface area contributed by atoms with Gasteiger partial charge in [-0.15, -0.1) is 0 Å². The first-order valence-corrected chi connectivity index (χ1v) is 5.88. The standard InChI is InChI=1S/C14H12ClNO2/c1-10(17)11-5-6-14(13(15)8-11)18-9-12-4-2-3-7-16-12/h2-8H,9H2,1H3. The van der Waals surface area contributed by atoms with Crippen LogP contribution >= 0.6 is 11.6 Å². The average Bonchev–Trinajstić information content (AvgIpc) is 2.38. The number of hydrogen-bond donors (Lipinski definition) is 0. The minimum atomic E-state index is -0.0202. The summed E-state index contributed by atoms with van der Waals surface area (Å²) in [5, 5.41) is 0.429. The van der Waals surface area contributed by atoms with Gasteiger partial charge in [-0.2, -0.15) is 0 Å². The number of benzene rings is 1. The summed E-state index contributed by atoms with van der Waals surface area (Å²) in [6, 6.07) is 10.6. The molecule has 0 aliphatic carbocycles. The van der Waals surface area contributed by atoms with Crippen molar-refractivity contribution in [2.75, 3.05) is 0 Å². The smallest absolute Gasteiger partial charge is 0.159 e. The van der Waals surface area contributed by atoms with Crippen molar-refractivity contribution < 1.29 is 9.53 Å². The fourth-order valence-corrected chi connectivity index (χ4v) is 1.71. The van der Waals surface area contributed by atoms with Gasteiger partial charge in [0.25, 0.3) is 0 Å². The van der Waals surface area contributed by atoms with Crippen molar-refractivity contribution >= 4 is 17.4 Å². The highest BCUT2D eigenvalue weighted by atomic mass is 35.5. The number of nitrogens with zero attached hydrogens (tertiary/aromatic N) is 1. The topological polar surface area (TPSA) is 39.2 Å². The molecule has 0 bridgehead atoms. The summed E-state index contributed by atoms with van der Waals surface area (Å²) in [5.41, 5.74) is 1.40. The third-order valence-corrected chi connectivity index (χ3v) is 2.74. The maximum absolute atomic E-state index is 11.2. The summed E-state index contributed by atoms with van der Waals surface area (Å²) in [7, 11) is 0. The van der Waals surface area contributed by atoms with E-state index in [4.69, 9.17) is 16.3 Å². The SMILES string of the molecule is CC(=O)c1ccc(OCc2ccccn2)c(Cl)c1. The molecule has 1 heterocycles. The maximum atomic E-state index is 11.2. The summed E-state index contributed by atoms with van der Waals surface area (Å²) in [6.45, 7) is 1.85. The molecule has 0 saturated heterocycles. The zero-order valence-electron chi connectivity index (χ0n) is 9.89. The first-order chi connectivity index (χ1) is 8.66. The third kappa shape index (κ3) is 3.08. The molecular formula is C14H12ClNO2. The van der Waals surface area contributed by atoms with E-state index in [2.05, 4.69) is 4.98 Å². The molecule has 0 N–H and O–H groups in total. The summed E-state index contributed by atoms with van der Waals surface area (Å²) >= 11 is 6.04. The zero-order valence-corrected chi connectivity index (χ0v) is 10.6. The van der Waals surface area contributed by atoms with Crippen LogP contribution in [0.5, 0.6) is 5.75 Å². The maximum Gasteiger partial charge on any atom is 0.159 e. The molecule has 1 aromatic heterocycles. The number of hydrogen-bond acceptors (Lipinski definition) is 3. The predicted molar refractivity (Wildman–Crippen MR) is 70.0 cm³/mol. The molecule has 1 aromatic carbocycles.